The Labute approximate surface area is 188 Å². The maximum absolute atomic E-state index is 12.9. The molecule has 31 heavy (non-hydrogen) atoms. The first kappa shape index (κ1) is 23.4. The second-order valence-corrected chi connectivity index (χ2v) is 9.14. The molecule has 1 N–H and O–H groups in total. The first-order valence-electron chi connectivity index (χ1n) is 8.93. The van der Waals surface area contributed by atoms with E-state index in [0.29, 0.717) is 15.4 Å². The summed E-state index contributed by atoms with van der Waals surface area (Å²) in [6.45, 7) is 7.62. The molecule has 0 saturated carbocycles. The van der Waals surface area contributed by atoms with Crippen LogP contribution in [-0.2, 0) is 17.5 Å². The van der Waals surface area contributed by atoms with Crippen LogP contribution < -0.4 is 10.9 Å². The summed E-state index contributed by atoms with van der Waals surface area (Å²) in [5.41, 5.74) is -0.423. The highest BCUT2D eigenvalue weighted by atomic mass is 35.5. The number of aryl methyl sites for hydroxylation is 2. The van der Waals surface area contributed by atoms with Gasteiger partial charge in [0.15, 0.2) is 5.16 Å². The highest BCUT2D eigenvalue weighted by Crippen LogP contribution is 2.34. The van der Waals surface area contributed by atoms with E-state index in [4.69, 9.17) is 11.6 Å². The number of carbonyl (C=O) groups is 1. The number of amides is 1. The minimum Gasteiger partial charge on any atom is -0.324 e. The molecule has 1 amide bonds. The van der Waals surface area contributed by atoms with E-state index in [9.17, 15) is 22.8 Å². The van der Waals surface area contributed by atoms with Gasteiger partial charge in [-0.2, -0.15) is 13.2 Å². The number of benzene rings is 1. The van der Waals surface area contributed by atoms with Crippen molar-refractivity contribution >= 4 is 56.5 Å². The standard InChI is InChI=1S/C20H17ClF3N3O2S2/c1-4-7-27-18(29)16-10(2)11(3)31-17(16)26-19(27)30-9-15(28)25-14-8-12(20(22,23)24)5-6-13(14)21/h4-6,8H,1,7,9H2,2-3H3,(H,25,28). The molecule has 0 spiro atoms. The van der Waals surface area contributed by atoms with Crippen LogP contribution in [0.2, 0.25) is 5.02 Å². The number of fused-ring (bicyclic) bond motifs is 1. The SMILES string of the molecule is C=CCn1c(SCC(=O)Nc2cc(C(F)(F)F)ccc2Cl)nc2sc(C)c(C)c2c1=O. The Morgan fingerprint density at radius 3 is 2.74 bits per heavy atom. The Morgan fingerprint density at radius 2 is 2.10 bits per heavy atom. The van der Waals surface area contributed by atoms with Crippen molar-refractivity contribution in [2.24, 2.45) is 0 Å². The van der Waals surface area contributed by atoms with Crippen LogP contribution in [0, 0.1) is 13.8 Å². The quantitative estimate of drug-likeness (QED) is 0.277. The number of allylic oxidation sites excluding steroid dienone is 1. The number of alkyl halides is 3. The molecule has 3 rings (SSSR count). The number of hydrogen-bond donors (Lipinski definition) is 1. The third-order valence-electron chi connectivity index (χ3n) is 4.47. The molecule has 0 aliphatic rings. The molecule has 2 aromatic heterocycles. The highest BCUT2D eigenvalue weighted by Gasteiger charge is 2.31. The lowest BCUT2D eigenvalue weighted by Gasteiger charge is -2.12. The minimum atomic E-state index is -4.56. The summed E-state index contributed by atoms with van der Waals surface area (Å²) in [6, 6.07) is 2.69. The van der Waals surface area contributed by atoms with Crippen molar-refractivity contribution in [3.05, 3.63) is 62.2 Å². The third kappa shape index (κ3) is 4.97. The molecular weight excluding hydrogens is 471 g/mol. The molecule has 0 unspecified atom stereocenters. The van der Waals surface area contributed by atoms with Gasteiger partial charge in [0, 0.05) is 11.4 Å². The Kier molecular flexibility index (Phi) is 6.82. The minimum absolute atomic E-state index is 0.0148. The third-order valence-corrected chi connectivity index (χ3v) is 6.87. The Morgan fingerprint density at radius 1 is 1.39 bits per heavy atom. The number of halogens is 4. The van der Waals surface area contributed by atoms with E-state index >= 15 is 0 Å². The van der Waals surface area contributed by atoms with Crippen molar-refractivity contribution in [2.45, 2.75) is 31.7 Å². The Bertz CT molecular complexity index is 1240. The molecular formula is C20H17ClF3N3O2S2. The molecule has 11 heteroatoms. The van der Waals surface area contributed by atoms with E-state index in [1.807, 2.05) is 13.8 Å². The summed E-state index contributed by atoms with van der Waals surface area (Å²) in [6.07, 6.45) is -3.01. The fraction of sp³-hybridized carbons (Fsp3) is 0.250. The Balaban J connectivity index is 1.84. The Hall–Kier alpha value is -2.30. The van der Waals surface area contributed by atoms with Crippen LogP contribution in [0.1, 0.15) is 16.0 Å². The zero-order chi connectivity index (χ0) is 22.9. The lowest BCUT2D eigenvalue weighted by atomic mass is 10.2. The van der Waals surface area contributed by atoms with Gasteiger partial charge in [-0.1, -0.05) is 29.4 Å². The van der Waals surface area contributed by atoms with Crippen molar-refractivity contribution in [3.8, 4) is 0 Å². The highest BCUT2D eigenvalue weighted by molar-refractivity contribution is 7.99. The molecule has 0 fully saturated rings. The van der Waals surface area contributed by atoms with Gasteiger partial charge >= 0.3 is 6.18 Å². The fourth-order valence-electron chi connectivity index (χ4n) is 2.82. The summed E-state index contributed by atoms with van der Waals surface area (Å²) >= 11 is 8.32. The molecule has 0 aliphatic carbocycles. The first-order chi connectivity index (χ1) is 14.5. The van der Waals surface area contributed by atoms with E-state index in [2.05, 4.69) is 16.9 Å². The summed E-state index contributed by atoms with van der Waals surface area (Å²) in [4.78, 5) is 31.4. The number of aromatic nitrogens is 2. The van der Waals surface area contributed by atoms with E-state index < -0.39 is 17.6 Å². The van der Waals surface area contributed by atoms with Crippen molar-refractivity contribution in [1.82, 2.24) is 9.55 Å². The van der Waals surface area contributed by atoms with Crippen LogP contribution in [0.15, 0.2) is 40.8 Å². The molecule has 0 bridgehead atoms. The largest absolute Gasteiger partial charge is 0.416 e. The predicted molar refractivity (Wildman–Crippen MR) is 119 cm³/mol. The van der Waals surface area contributed by atoms with Crippen molar-refractivity contribution in [3.63, 3.8) is 0 Å². The van der Waals surface area contributed by atoms with Gasteiger partial charge in [0.05, 0.1) is 27.4 Å². The molecule has 2 heterocycles. The number of carbonyl (C=O) groups excluding carboxylic acids is 1. The molecule has 0 aliphatic heterocycles. The van der Waals surface area contributed by atoms with Gasteiger partial charge in [0.1, 0.15) is 4.83 Å². The number of rotatable bonds is 6. The van der Waals surface area contributed by atoms with Crippen molar-refractivity contribution in [2.75, 3.05) is 11.1 Å². The average molecular weight is 488 g/mol. The van der Waals surface area contributed by atoms with Gasteiger partial charge < -0.3 is 5.32 Å². The van der Waals surface area contributed by atoms with Crippen LogP contribution in [-0.4, -0.2) is 21.2 Å². The van der Waals surface area contributed by atoms with Crippen LogP contribution in [0.3, 0.4) is 0 Å². The monoisotopic (exact) mass is 487 g/mol. The predicted octanol–water partition coefficient (Wildman–Crippen LogP) is 5.66. The molecule has 164 valence electrons. The number of hydrogen-bond acceptors (Lipinski definition) is 5. The van der Waals surface area contributed by atoms with Crippen LogP contribution in [0.4, 0.5) is 18.9 Å². The summed E-state index contributed by atoms with van der Waals surface area (Å²) in [5.74, 6) is -0.755. The van der Waals surface area contributed by atoms with Crippen molar-refractivity contribution in [1.29, 1.82) is 0 Å². The smallest absolute Gasteiger partial charge is 0.324 e. The van der Waals surface area contributed by atoms with Gasteiger partial charge in [-0.15, -0.1) is 17.9 Å². The van der Waals surface area contributed by atoms with Gasteiger partial charge in [0.25, 0.3) is 5.56 Å². The van der Waals surface area contributed by atoms with E-state index in [1.165, 1.54) is 15.9 Å². The number of thioether (sulfide) groups is 1. The van der Waals surface area contributed by atoms with Crippen LogP contribution >= 0.6 is 34.7 Å². The van der Waals surface area contributed by atoms with E-state index in [-0.39, 0.29) is 28.6 Å². The molecule has 5 nitrogen and oxygen atoms in total. The van der Waals surface area contributed by atoms with Crippen LogP contribution in [0.5, 0.6) is 0 Å². The molecule has 3 aromatic rings. The van der Waals surface area contributed by atoms with E-state index in [1.54, 1.807) is 6.08 Å². The fourth-order valence-corrected chi connectivity index (χ4v) is 4.87. The zero-order valence-corrected chi connectivity index (χ0v) is 18.9. The van der Waals surface area contributed by atoms with Gasteiger partial charge in [-0.05, 0) is 37.6 Å². The van der Waals surface area contributed by atoms with Gasteiger partial charge in [-0.25, -0.2) is 4.98 Å². The topological polar surface area (TPSA) is 64.0 Å². The second kappa shape index (κ2) is 9.05. The average Bonchev–Trinajstić information content (AvgIpc) is 2.97. The van der Waals surface area contributed by atoms with Crippen molar-refractivity contribution < 1.29 is 18.0 Å². The maximum atomic E-state index is 12.9. The number of nitrogens with zero attached hydrogens (tertiary/aromatic N) is 2. The van der Waals surface area contributed by atoms with Crippen LogP contribution in [0.25, 0.3) is 10.2 Å². The van der Waals surface area contributed by atoms with E-state index in [0.717, 1.165) is 40.4 Å². The summed E-state index contributed by atoms with van der Waals surface area (Å²) < 4.78 is 40.2. The molecule has 0 atom stereocenters. The summed E-state index contributed by atoms with van der Waals surface area (Å²) in [7, 11) is 0. The second-order valence-electron chi connectivity index (χ2n) is 6.59. The first-order valence-corrected chi connectivity index (χ1v) is 11.1. The molecule has 1 aromatic carbocycles. The summed E-state index contributed by atoms with van der Waals surface area (Å²) in [5, 5.41) is 3.23. The maximum Gasteiger partial charge on any atom is 0.416 e. The number of nitrogens with one attached hydrogen (secondary N) is 1. The number of anilines is 1. The van der Waals surface area contributed by atoms with Gasteiger partial charge in [0.2, 0.25) is 5.91 Å². The normalized spacial score (nSPS) is 11.7. The lowest BCUT2D eigenvalue weighted by Crippen LogP contribution is -2.23. The van der Waals surface area contributed by atoms with Gasteiger partial charge in [-0.3, -0.25) is 14.2 Å². The number of thiophene rings is 1. The molecule has 0 radical (unpaired) electrons. The zero-order valence-electron chi connectivity index (χ0n) is 16.5. The molecule has 0 saturated heterocycles. The lowest BCUT2D eigenvalue weighted by molar-refractivity contribution is -0.137.